The van der Waals surface area contributed by atoms with Gasteiger partial charge in [-0.2, -0.15) is 0 Å². The number of aryl methyl sites for hydroxylation is 1. The van der Waals surface area contributed by atoms with Crippen LogP contribution in [0.4, 0.5) is 5.82 Å². The summed E-state index contributed by atoms with van der Waals surface area (Å²) in [4.78, 5) is 29.6. The molecule has 1 aromatic heterocycles. The SMILES string of the molecule is Cc1cccc(NC(=O)C23CCC(C)(C(=O)C2)C3(C)C)n1. The van der Waals surface area contributed by atoms with Crippen LogP contribution >= 0.6 is 0 Å². The van der Waals surface area contributed by atoms with Gasteiger partial charge < -0.3 is 5.32 Å². The third kappa shape index (κ3) is 1.65. The molecule has 112 valence electrons. The maximum Gasteiger partial charge on any atom is 0.232 e. The standard InChI is InChI=1S/C17H22N2O2/c1-11-6-5-7-13(18-11)19-14(21)17-9-8-16(4,12(20)10-17)15(17,2)3/h5-7H,8-10H2,1-4H3,(H,18,19,21). The van der Waals surface area contributed by atoms with Crippen LogP contribution in [0.15, 0.2) is 18.2 Å². The molecule has 2 fully saturated rings. The fraction of sp³-hybridized carbons (Fsp3) is 0.588. The molecule has 1 amide bonds. The Hall–Kier alpha value is -1.71. The van der Waals surface area contributed by atoms with E-state index in [0.717, 1.165) is 18.5 Å². The number of hydrogen-bond donors (Lipinski definition) is 1. The molecule has 0 aromatic carbocycles. The molecule has 2 bridgehead atoms. The number of hydrogen-bond acceptors (Lipinski definition) is 3. The van der Waals surface area contributed by atoms with Crippen molar-refractivity contribution in [1.82, 2.24) is 4.98 Å². The molecule has 0 radical (unpaired) electrons. The van der Waals surface area contributed by atoms with E-state index in [1.54, 1.807) is 6.07 Å². The number of rotatable bonds is 2. The van der Waals surface area contributed by atoms with Crippen LogP contribution in [0.5, 0.6) is 0 Å². The van der Waals surface area contributed by atoms with Crippen molar-refractivity contribution in [3.63, 3.8) is 0 Å². The molecule has 1 N–H and O–H groups in total. The van der Waals surface area contributed by atoms with Gasteiger partial charge >= 0.3 is 0 Å². The summed E-state index contributed by atoms with van der Waals surface area (Å²) < 4.78 is 0. The molecule has 2 atom stereocenters. The number of Topliss-reactive ketones (excluding diaryl/α,β-unsaturated/α-hetero) is 1. The zero-order chi connectivity index (χ0) is 15.5. The smallest absolute Gasteiger partial charge is 0.232 e. The minimum atomic E-state index is -0.593. The third-order valence-electron chi connectivity index (χ3n) is 6.27. The summed E-state index contributed by atoms with van der Waals surface area (Å²) in [7, 11) is 0. The van der Waals surface area contributed by atoms with E-state index in [4.69, 9.17) is 0 Å². The number of fused-ring (bicyclic) bond motifs is 2. The Balaban J connectivity index is 1.93. The predicted octanol–water partition coefficient (Wildman–Crippen LogP) is 3.11. The van der Waals surface area contributed by atoms with Crippen molar-refractivity contribution in [2.24, 2.45) is 16.2 Å². The van der Waals surface area contributed by atoms with Crippen molar-refractivity contribution in [2.75, 3.05) is 5.32 Å². The van der Waals surface area contributed by atoms with Crippen LogP contribution in [-0.2, 0) is 9.59 Å². The first kappa shape index (κ1) is 14.2. The molecule has 4 nitrogen and oxygen atoms in total. The van der Waals surface area contributed by atoms with Gasteiger partial charge in [-0.1, -0.05) is 26.8 Å². The van der Waals surface area contributed by atoms with Crippen LogP contribution in [0.25, 0.3) is 0 Å². The molecule has 2 aliphatic carbocycles. The lowest BCUT2D eigenvalue weighted by atomic mass is 9.64. The average molecular weight is 286 g/mol. The van der Waals surface area contributed by atoms with E-state index in [9.17, 15) is 9.59 Å². The van der Waals surface area contributed by atoms with Crippen molar-refractivity contribution >= 4 is 17.5 Å². The van der Waals surface area contributed by atoms with Crippen molar-refractivity contribution in [1.29, 1.82) is 0 Å². The maximum atomic E-state index is 12.9. The Morgan fingerprint density at radius 1 is 1.24 bits per heavy atom. The first-order valence-corrected chi connectivity index (χ1v) is 7.51. The fourth-order valence-electron chi connectivity index (χ4n) is 4.21. The number of anilines is 1. The molecule has 3 rings (SSSR count). The van der Waals surface area contributed by atoms with Crippen molar-refractivity contribution < 1.29 is 9.59 Å². The summed E-state index contributed by atoms with van der Waals surface area (Å²) in [6, 6.07) is 5.56. The molecule has 0 spiro atoms. The van der Waals surface area contributed by atoms with E-state index in [-0.39, 0.29) is 22.5 Å². The summed E-state index contributed by atoms with van der Waals surface area (Å²) in [5.41, 5.74) is -0.414. The van der Waals surface area contributed by atoms with Gasteiger partial charge in [0.15, 0.2) is 0 Å². The highest BCUT2D eigenvalue weighted by Gasteiger charge is 2.72. The Kier molecular flexibility index (Phi) is 2.81. The normalized spacial score (nSPS) is 33.2. The number of carbonyl (C=O) groups is 2. The van der Waals surface area contributed by atoms with E-state index in [1.807, 2.05) is 26.0 Å². The average Bonchev–Trinajstić information content (AvgIpc) is 2.69. The third-order valence-corrected chi connectivity index (χ3v) is 6.27. The lowest BCUT2D eigenvalue weighted by Gasteiger charge is -2.38. The molecular formula is C17H22N2O2. The fourth-order valence-corrected chi connectivity index (χ4v) is 4.21. The molecule has 2 saturated carbocycles. The van der Waals surface area contributed by atoms with Gasteiger partial charge in [-0.05, 0) is 37.3 Å². The second-order valence-corrected chi connectivity index (χ2v) is 7.26. The number of aromatic nitrogens is 1. The highest BCUT2D eigenvalue weighted by molar-refractivity contribution is 6.04. The van der Waals surface area contributed by atoms with Crippen molar-refractivity contribution in [2.45, 2.75) is 47.0 Å². The first-order valence-electron chi connectivity index (χ1n) is 7.51. The van der Waals surface area contributed by atoms with Gasteiger partial charge in [0.1, 0.15) is 11.6 Å². The van der Waals surface area contributed by atoms with E-state index in [2.05, 4.69) is 24.1 Å². The molecule has 0 aliphatic heterocycles. The Morgan fingerprint density at radius 3 is 2.48 bits per heavy atom. The second-order valence-electron chi connectivity index (χ2n) is 7.26. The zero-order valence-electron chi connectivity index (χ0n) is 13.1. The zero-order valence-corrected chi connectivity index (χ0v) is 13.1. The van der Waals surface area contributed by atoms with Crippen LogP contribution in [0.2, 0.25) is 0 Å². The molecule has 2 unspecified atom stereocenters. The largest absolute Gasteiger partial charge is 0.310 e. The molecule has 21 heavy (non-hydrogen) atoms. The summed E-state index contributed by atoms with van der Waals surface area (Å²) in [6.07, 6.45) is 1.93. The van der Waals surface area contributed by atoms with Gasteiger partial charge in [-0.15, -0.1) is 0 Å². The minimum Gasteiger partial charge on any atom is -0.310 e. The second kappa shape index (κ2) is 4.15. The number of nitrogens with zero attached hydrogens (tertiary/aromatic N) is 1. The van der Waals surface area contributed by atoms with Gasteiger partial charge in [0.05, 0.1) is 5.41 Å². The highest BCUT2D eigenvalue weighted by atomic mass is 16.2. The monoisotopic (exact) mass is 286 g/mol. The topological polar surface area (TPSA) is 59.1 Å². The predicted molar refractivity (Wildman–Crippen MR) is 80.8 cm³/mol. The van der Waals surface area contributed by atoms with Gasteiger partial charge in [0.25, 0.3) is 0 Å². The number of pyridine rings is 1. The Bertz CT molecular complexity index is 637. The Labute approximate surface area is 125 Å². The van der Waals surface area contributed by atoms with Crippen molar-refractivity contribution in [3.8, 4) is 0 Å². The molecule has 2 aliphatic rings. The van der Waals surface area contributed by atoms with Crippen LogP contribution < -0.4 is 5.32 Å². The van der Waals surface area contributed by atoms with Crippen LogP contribution in [-0.4, -0.2) is 16.7 Å². The maximum absolute atomic E-state index is 12.9. The minimum absolute atomic E-state index is 0.0554. The summed E-state index contributed by atoms with van der Waals surface area (Å²) in [5.74, 6) is 0.740. The molecule has 1 aromatic rings. The van der Waals surface area contributed by atoms with E-state index >= 15 is 0 Å². The van der Waals surface area contributed by atoms with Gasteiger partial charge in [-0.3, -0.25) is 9.59 Å². The molecular weight excluding hydrogens is 264 g/mol. The Morgan fingerprint density at radius 2 is 1.95 bits per heavy atom. The summed E-state index contributed by atoms with van der Waals surface area (Å²) >= 11 is 0. The van der Waals surface area contributed by atoms with Crippen LogP contribution in [0.3, 0.4) is 0 Å². The van der Waals surface area contributed by atoms with Crippen molar-refractivity contribution in [3.05, 3.63) is 23.9 Å². The number of ketones is 1. The van der Waals surface area contributed by atoms with Gasteiger partial charge in [0.2, 0.25) is 5.91 Å². The quantitative estimate of drug-likeness (QED) is 0.908. The highest BCUT2D eigenvalue weighted by Crippen LogP contribution is 2.70. The molecule has 4 heteroatoms. The summed E-state index contributed by atoms with van der Waals surface area (Å²) in [5, 5.41) is 2.93. The van der Waals surface area contributed by atoms with Crippen LogP contribution in [0, 0.1) is 23.2 Å². The lowest BCUT2D eigenvalue weighted by Crippen LogP contribution is -2.43. The van der Waals surface area contributed by atoms with E-state index in [1.165, 1.54) is 0 Å². The number of nitrogens with one attached hydrogen (secondary N) is 1. The number of amides is 1. The molecule has 1 heterocycles. The lowest BCUT2D eigenvalue weighted by molar-refractivity contribution is -0.131. The number of carbonyl (C=O) groups excluding carboxylic acids is 2. The van der Waals surface area contributed by atoms with Crippen LogP contribution in [0.1, 0.15) is 45.7 Å². The summed E-state index contributed by atoms with van der Waals surface area (Å²) in [6.45, 7) is 8.04. The van der Waals surface area contributed by atoms with E-state index in [0.29, 0.717) is 12.2 Å². The van der Waals surface area contributed by atoms with E-state index < -0.39 is 5.41 Å². The van der Waals surface area contributed by atoms with Gasteiger partial charge in [0, 0.05) is 17.5 Å². The first-order chi connectivity index (χ1) is 9.73. The molecule has 0 saturated heterocycles. The van der Waals surface area contributed by atoms with Gasteiger partial charge in [-0.25, -0.2) is 4.98 Å².